The summed E-state index contributed by atoms with van der Waals surface area (Å²) < 4.78 is 6.66. The number of carbonyl (C=O) groups is 1. The number of ether oxygens (including phenoxy) is 1. The first-order valence-electron chi connectivity index (χ1n) is 5.84. The van der Waals surface area contributed by atoms with Gasteiger partial charge in [0, 0.05) is 25.4 Å². The van der Waals surface area contributed by atoms with Crippen molar-refractivity contribution in [1.29, 1.82) is 5.26 Å². The minimum atomic E-state index is -0.132. The van der Waals surface area contributed by atoms with Gasteiger partial charge in [0.2, 0.25) is 5.82 Å². The van der Waals surface area contributed by atoms with Gasteiger partial charge in [0.15, 0.2) is 0 Å². The van der Waals surface area contributed by atoms with E-state index in [1.165, 1.54) is 0 Å². The zero-order valence-corrected chi connectivity index (χ0v) is 10.1. The highest BCUT2D eigenvalue weighted by Crippen LogP contribution is 2.05. The Hall–Kier alpha value is -1.83. The molecule has 0 bridgehead atoms. The molecule has 1 aromatic rings. The van der Waals surface area contributed by atoms with E-state index in [0.29, 0.717) is 18.9 Å². The van der Waals surface area contributed by atoms with E-state index in [1.54, 1.807) is 19.3 Å². The van der Waals surface area contributed by atoms with Gasteiger partial charge < -0.3 is 9.30 Å². The Labute approximate surface area is 101 Å². The molecule has 0 fully saturated rings. The van der Waals surface area contributed by atoms with E-state index in [-0.39, 0.29) is 5.97 Å². The largest absolute Gasteiger partial charge is 0.466 e. The topological polar surface area (TPSA) is 67.9 Å². The number of unbranched alkanes of at least 4 members (excludes halogenated alkanes) is 2. The molecular weight excluding hydrogens is 218 g/mol. The summed E-state index contributed by atoms with van der Waals surface area (Å²) in [5.74, 6) is 0.309. The minimum Gasteiger partial charge on any atom is -0.466 e. The van der Waals surface area contributed by atoms with Gasteiger partial charge >= 0.3 is 5.97 Å². The average molecular weight is 235 g/mol. The lowest BCUT2D eigenvalue weighted by molar-refractivity contribution is -0.143. The van der Waals surface area contributed by atoms with Crippen molar-refractivity contribution in [3.63, 3.8) is 0 Å². The fourth-order valence-electron chi connectivity index (χ4n) is 1.56. The number of rotatable bonds is 7. The van der Waals surface area contributed by atoms with Crippen LogP contribution in [0.3, 0.4) is 0 Å². The molecule has 0 aliphatic heterocycles. The summed E-state index contributed by atoms with van der Waals surface area (Å²) in [6, 6.07) is 2.03. The van der Waals surface area contributed by atoms with Gasteiger partial charge in [-0.25, -0.2) is 4.98 Å². The predicted molar refractivity (Wildman–Crippen MR) is 62.0 cm³/mol. The second-order valence-corrected chi connectivity index (χ2v) is 3.67. The molecule has 0 aromatic carbocycles. The Balaban J connectivity index is 2.13. The second-order valence-electron chi connectivity index (χ2n) is 3.67. The lowest BCUT2D eigenvalue weighted by Gasteiger charge is -2.03. The zero-order valence-electron chi connectivity index (χ0n) is 10.1. The van der Waals surface area contributed by atoms with Gasteiger partial charge in [-0.05, 0) is 19.8 Å². The maximum Gasteiger partial charge on any atom is 0.305 e. The van der Waals surface area contributed by atoms with Gasteiger partial charge in [-0.3, -0.25) is 4.79 Å². The fourth-order valence-corrected chi connectivity index (χ4v) is 1.56. The average Bonchev–Trinajstić information content (AvgIpc) is 2.76. The molecule has 92 valence electrons. The maximum atomic E-state index is 11.1. The molecule has 0 amide bonds. The number of aromatic nitrogens is 2. The summed E-state index contributed by atoms with van der Waals surface area (Å²) in [6.45, 7) is 3.02. The molecule has 0 radical (unpaired) electrons. The SMILES string of the molecule is CCOC(=O)CCCCCn1ccnc1C#N. The van der Waals surface area contributed by atoms with Crippen molar-refractivity contribution in [1.82, 2.24) is 9.55 Å². The number of carbonyl (C=O) groups excluding carboxylic acids is 1. The Morgan fingerprint density at radius 2 is 2.35 bits per heavy atom. The van der Waals surface area contributed by atoms with Crippen LogP contribution in [-0.2, 0) is 16.1 Å². The quantitative estimate of drug-likeness (QED) is 0.534. The van der Waals surface area contributed by atoms with Crippen LogP contribution in [-0.4, -0.2) is 22.1 Å². The molecule has 0 spiro atoms. The molecule has 0 aliphatic carbocycles. The summed E-state index contributed by atoms with van der Waals surface area (Å²) in [5.41, 5.74) is 0. The first-order chi connectivity index (χ1) is 8.27. The van der Waals surface area contributed by atoms with Gasteiger partial charge in [-0.1, -0.05) is 6.42 Å². The summed E-state index contributed by atoms with van der Waals surface area (Å²) in [5, 5.41) is 8.75. The molecule has 0 unspecified atom stereocenters. The van der Waals surface area contributed by atoms with E-state index in [0.717, 1.165) is 25.8 Å². The standard InChI is InChI=1S/C12H17N3O2/c1-2-17-12(16)6-4-3-5-8-15-9-7-14-11(15)10-13/h7,9H,2-6,8H2,1H3. The van der Waals surface area contributed by atoms with E-state index in [2.05, 4.69) is 4.98 Å². The van der Waals surface area contributed by atoms with Crippen molar-refractivity contribution in [2.75, 3.05) is 6.61 Å². The van der Waals surface area contributed by atoms with Gasteiger partial charge in [0.25, 0.3) is 0 Å². The predicted octanol–water partition coefficient (Wildman–Crippen LogP) is 1.88. The van der Waals surface area contributed by atoms with E-state index in [4.69, 9.17) is 10.00 Å². The number of hydrogen-bond donors (Lipinski definition) is 0. The molecule has 1 aromatic heterocycles. The van der Waals surface area contributed by atoms with Crippen molar-refractivity contribution in [2.24, 2.45) is 0 Å². The lowest BCUT2D eigenvalue weighted by Crippen LogP contribution is -2.04. The Morgan fingerprint density at radius 3 is 3.06 bits per heavy atom. The lowest BCUT2D eigenvalue weighted by atomic mass is 10.2. The highest BCUT2D eigenvalue weighted by molar-refractivity contribution is 5.69. The van der Waals surface area contributed by atoms with Crippen LogP contribution in [0.4, 0.5) is 0 Å². The highest BCUT2D eigenvalue weighted by Gasteiger charge is 2.02. The van der Waals surface area contributed by atoms with E-state index in [9.17, 15) is 4.79 Å². The number of esters is 1. The molecule has 5 heteroatoms. The first-order valence-corrected chi connectivity index (χ1v) is 5.84. The molecule has 17 heavy (non-hydrogen) atoms. The number of aryl methyl sites for hydroxylation is 1. The Kier molecular flexibility index (Phi) is 5.80. The first kappa shape index (κ1) is 13.2. The molecule has 1 rings (SSSR count). The Bertz CT molecular complexity index is 393. The molecular formula is C12H17N3O2. The summed E-state index contributed by atoms with van der Waals surface area (Å²) in [7, 11) is 0. The molecule has 5 nitrogen and oxygen atoms in total. The van der Waals surface area contributed by atoms with Gasteiger partial charge in [-0.15, -0.1) is 0 Å². The van der Waals surface area contributed by atoms with Gasteiger partial charge in [0.1, 0.15) is 6.07 Å². The van der Waals surface area contributed by atoms with Crippen LogP contribution >= 0.6 is 0 Å². The van der Waals surface area contributed by atoms with E-state index < -0.39 is 0 Å². The smallest absolute Gasteiger partial charge is 0.305 e. The van der Waals surface area contributed by atoms with Crippen molar-refractivity contribution in [3.05, 3.63) is 18.2 Å². The van der Waals surface area contributed by atoms with Crippen molar-refractivity contribution >= 4 is 5.97 Å². The molecule has 0 saturated heterocycles. The van der Waals surface area contributed by atoms with Crippen LogP contribution in [0.15, 0.2) is 12.4 Å². The van der Waals surface area contributed by atoms with E-state index in [1.807, 2.05) is 10.6 Å². The second kappa shape index (κ2) is 7.44. The fraction of sp³-hybridized carbons (Fsp3) is 0.583. The summed E-state index contributed by atoms with van der Waals surface area (Å²) >= 11 is 0. The molecule has 0 atom stereocenters. The van der Waals surface area contributed by atoms with Crippen LogP contribution in [0.1, 0.15) is 38.4 Å². The summed E-state index contributed by atoms with van der Waals surface area (Å²) in [4.78, 5) is 15.0. The normalized spacial score (nSPS) is 9.88. The molecule has 1 heterocycles. The van der Waals surface area contributed by atoms with Crippen LogP contribution in [0.25, 0.3) is 0 Å². The zero-order chi connectivity index (χ0) is 12.5. The van der Waals surface area contributed by atoms with Crippen molar-refractivity contribution in [2.45, 2.75) is 39.2 Å². The monoisotopic (exact) mass is 235 g/mol. The van der Waals surface area contributed by atoms with Gasteiger partial charge in [0.05, 0.1) is 6.61 Å². The minimum absolute atomic E-state index is 0.132. The number of nitrogens with zero attached hydrogens (tertiary/aromatic N) is 3. The third-order valence-electron chi connectivity index (χ3n) is 2.40. The Morgan fingerprint density at radius 1 is 1.53 bits per heavy atom. The maximum absolute atomic E-state index is 11.1. The number of nitriles is 1. The van der Waals surface area contributed by atoms with Gasteiger partial charge in [-0.2, -0.15) is 5.26 Å². The molecule has 0 saturated carbocycles. The number of hydrogen-bond acceptors (Lipinski definition) is 4. The number of imidazole rings is 1. The third kappa shape index (κ3) is 4.68. The van der Waals surface area contributed by atoms with Crippen LogP contribution in [0.5, 0.6) is 0 Å². The molecule has 0 aliphatic rings. The van der Waals surface area contributed by atoms with Crippen LogP contribution in [0, 0.1) is 11.3 Å². The molecule has 0 N–H and O–H groups in total. The van der Waals surface area contributed by atoms with Crippen molar-refractivity contribution < 1.29 is 9.53 Å². The van der Waals surface area contributed by atoms with Crippen molar-refractivity contribution in [3.8, 4) is 6.07 Å². The van der Waals surface area contributed by atoms with E-state index >= 15 is 0 Å². The van der Waals surface area contributed by atoms with Crippen LogP contribution < -0.4 is 0 Å². The highest BCUT2D eigenvalue weighted by atomic mass is 16.5. The third-order valence-corrected chi connectivity index (χ3v) is 2.40. The van der Waals surface area contributed by atoms with Crippen LogP contribution in [0.2, 0.25) is 0 Å². The summed E-state index contributed by atoms with van der Waals surface area (Å²) in [6.07, 6.45) is 6.60.